The Morgan fingerprint density at radius 1 is 1.25 bits per heavy atom. The Morgan fingerprint density at radius 2 is 1.85 bits per heavy atom. The smallest absolute Gasteiger partial charge is 0.348 e. The fourth-order valence-electron chi connectivity index (χ4n) is 2.64. The second kappa shape index (κ2) is 4.51. The molecule has 1 aromatic rings. The van der Waals surface area contributed by atoms with Gasteiger partial charge in [-0.3, -0.25) is 4.79 Å². The van der Waals surface area contributed by atoms with Crippen molar-refractivity contribution in [3.8, 4) is 11.5 Å². The lowest BCUT2D eigenvalue weighted by atomic mass is 9.86. The molecule has 5 heteroatoms. The molecule has 1 unspecified atom stereocenters. The number of carboxylic acids is 1. The van der Waals surface area contributed by atoms with Crippen molar-refractivity contribution in [2.24, 2.45) is 0 Å². The van der Waals surface area contributed by atoms with Gasteiger partial charge >= 0.3 is 5.97 Å². The van der Waals surface area contributed by atoms with E-state index in [1.54, 1.807) is 21.0 Å². The van der Waals surface area contributed by atoms with E-state index in [2.05, 4.69) is 0 Å². The van der Waals surface area contributed by atoms with E-state index >= 15 is 0 Å². The third-order valence-electron chi connectivity index (χ3n) is 3.95. The molecule has 0 radical (unpaired) electrons. The lowest BCUT2D eigenvalue weighted by Crippen LogP contribution is -2.46. The molecule has 0 aliphatic carbocycles. The van der Waals surface area contributed by atoms with Crippen molar-refractivity contribution in [1.82, 2.24) is 0 Å². The SMILES string of the molecule is COc1c(C)c(C)c2c(c1C)C(=O)CC(C)(C(=O)O)O2. The number of carbonyl (C=O) groups is 2. The summed E-state index contributed by atoms with van der Waals surface area (Å²) in [6.07, 6.45) is -0.179. The van der Waals surface area contributed by atoms with Crippen molar-refractivity contribution in [2.45, 2.75) is 39.7 Å². The molecule has 0 saturated heterocycles. The number of hydrogen-bond donors (Lipinski definition) is 1. The first-order valence-corrected chi connectivity index (χ1v) is 6.36. The summed E-state index contributed by atoms with van der Waals surface area (Å²) in [5, 5.41) is 9.27. The molecule has 0 spiro atoms. The molecule has 0 saturated carbocycles. The van der Waals surface area contributed by atoms with E-state index in [-0.39, 0.29) is 12.2 Å². The van der Waals surface area contributed by atoms with Crippen LogP contribution in [0.15, 0.2) is 0 Å². The highest BCUT2D eigenvalue weighted by Crippen LogP contribution is 2.43. The average molecular weight is 278 g/mol. The first-order chi connectivity index (χ1) is 9.23. The van der Waals surface area contributed by atoms with Gasteiger partial charge in [0.15, 0.2) is 5.78 Å². The van der Waals surface area contributed by atoms with Gasteiger partial charge in [-0.15, -0.1) is 0 Å². The summed E-state index contributed by atoms with van der Waals surface area (Å²) in [6, 6.07) is 0. The maximum absolute atomic E-state index is 12.4. The summed E-state index contributed by atoms with van der Waals surface area (Å²) in [5.74, 6) is -0.351. The van der Waals surface area contributed by atoms with Gasteiger partial charge in [0.25, 0.3) is 0 Å². The summed E-state index contributed by atoms with van der Waals surface area (Å²) in [4.78, 5) is 23.7. The molecule has 1 aliphatic heterocycles. The first-order valence-electron chi connectivity index (χ1n) is 6.36. The molecule has 0 amide bonds. The molecule has 1 atom stereocenters. The minimum atomic E-state index is -1.51. The number of methoxy groups -OCH3 is 1. The average Bonchev–Trinajstić information content (AvgIpc) is 2.35. The van der Waals surface area contributed by atoms with Gasteiger partial charge in [-0.2, -0.15) is 0 Å². The number of rotatable bonds is 2. The Hall–Kier alpha value is -2.04. The minimum absolute atomic E-state index is 0.179. The quantitative estimate of drug-likeness (QED) is 0.899. The number of benzene rings is 1. The number of ether oxygens (including phenoxy) is 2. The van der Waals surface area contributed by atoms with Crippen molar-refractivity contribution in [1.29, 1.82) is 0 Å². The minimum Gasteiger partial charge on any atom is -0.496 e. The van der Waals surface area contributed by atoms with Crippen LogP contribution in [-0.2, 0) is 4.79 Å². The maximum atomic E-state index is 12.4. The number of carbonyl (C=O) groups excluding carboxylic acids is 1. The molecule has 108 valence electrons. The van der Waals surface area contributed by atoms with Crippen molar-refractivity contribution in [2.75, 3.05) is 7.11 Å². The zero-order chi connectivity index (χ0) is 15.2. The van der Waals surface area contributed by atoms with Crippen LogP contribution in [0.3, 0.4) is 0 Å². The van der Waals surface area contributed by atoms with Gasteiger partial charge < -0.3 is 14.6 Å². The van der Waals surface area contributed by atoms with E-state index in [0.29, 0.717) is 22.6 Å². The molecule has 1 heterocycles. The molecule has 1 N–H and O–H groups in total. The molecule has 1 aromatic carbocycles. The highest BCUT2D eigenvalue weighted by Gasteiger charge is 2.45. The first kappa shape index (κ1) is 14.4. The van der Waals surface area contributed by atoms with Gasteiger partial charge in [-0.1, -0.05) is 0 Å². The van der Waals surface area contributed by atoms with E-state index in [9.17, 15) is 14.7 Å². The molecular weight excluding hydrogens is 260 g/mol. The van der Waals surface area contributed by atoms with Gasteiger partial charge in [-0.25, -0.2) is 4.79 Å². The third kappa shape index (κ3) is 1.85. The third-order valence-corrected chi connectivity index (χ3v) is 3.95. The predicted molar refractivity (Wildman–Crippen MR) is 72.8 cm³/mol. The van der Waals surface area contributed by atoms with Crippen molar-refractivity contribution < 1.29 is 24.2 Å². The van der Waals surface area contributed by atoms with E-state index in [1.165, 1.54) is 6.92 Å². The van der Waals surface area contributed by atoms with E-state index < -0.39 is 11.6 Å². The standard InChI is InChI=1S/C15H18O5/c1-7-8(2)13-11(9(3)12(7)19-5)10(16)6-15(4,20-13)14(17)18/h6H2,1-5H3,(H,17,18). The molecule has 1 aliphatic rings. The van der Waals surface area contributed by atoms with Crippen LogP contribution >= 0.6 is 0 Å². The topological polar surface area (TPSA) is 72.8 Å². The normalized spacial score (nSPS) is 21.1. The maximum Gasteiger partial charge on any atom is 0.348 e. The Bertz CT molecular complexity index is 617. The monoisotopic (exact) mass is 278 g/mol. The molecule has 0 aromatic heterocycles. The summed E-state index contributed by atoms with van der Waals surface area (Å²) in [7, 11) is 1.55. The number of carboxylic acid groups (broad SMARTS) is 1. The number of hydrogen-bond acceptors (Lipinski definition) is 4. The van der Waals surface area contributed by atoms with Crippen molar-refractivity contribution in [3.63, 3.8) is 0 Å². The molecule has 5 nitrogen and oxygen atoms in total. The van der Waals surface area contributed by atoms with Gasteiger partial charge in [0.05, 0.1) is 19.1 Å². The van der Waals surface area contributed by atoms with Crippen LogP contribution in [0.25, 0.3) is 0 Å². The predicted octanol–water partition coefficient (Wildman–Crippen LogP) is 2.43. The zero-order valence-electron chi connectivity index (χ0n) is 12.3. The fraction of sp³-hybridized carbons (Fsp3) is 0.467. The van der Waals surface area contributed by atoms with Gasteiger partial charge in [0.1, 0.15) is 11.5 Å². The van der Waals surface area contributed by atoms with Crippen LogP contribution < -0.4 is 9.47 Å². The second-order valence-electron chi connectivity index (χ2n) is 5.35. The Morgan fingerprint density at radius 3 is 2.35 bits per heavy atom. The van der Waals surface area contributed by atoms with Crippen LogP contribution in [0.2, 0.25) is 0 Å². The molecule has 0 fully saturated rings. The Labute approximate surface area is 117 Å². The van der Waals surface area contributed by atoms with E-state index in [4.69, 9.17) is 9.47 Å². The summed E-state index contributed by atoms with van der Waals surface area (Å²) in [5.41, 5.74) is 1.21. The van der Waals surface area contributed by atoms with Crippen molar-refractivity contribution >= 4 is 11.8 Å². The summed E-state index contributed by atoms with van der Waals surface area (Å²) in [6.45, 7) is 6.87. The number of fused-ring (bicyclic) bond motifs is 1. The molecule has 0 bridgehead atoms. The van der Waals surface area contributed by atoms with Crippen LogP contribution in [0.1, 0.15) is 40.4 Å². The summed E-state index contributed by atoms with van der Waals surface area (Å²) >= 11 is 0. The molecule has 20 heavy (non-hydrogen) atoms. The van der Waals surface area contributed by atoms with Crippen LogP contribution in [0.5, 0.6) is 11.5 Å². The van der Waals surface area contributed by atoms with Crippen LogP contribution in [0, 0.1) is 20.8 Å². The largest absolute Gasteiger partial charge is 0.496 e. The Kier molecular flexibility index (Phi) is 3.24. The van der Waals surface area contributed by atoms with E-state index in [0.717, 1.165) is 11.1 Å². The number of aliphatic carboxylic acids is 1. The lowest BCUT2D eigenvalue weighted by molar-refractivity contribution is -0.154. The molecular formula is C15H18O5. The van der Waals surface area contributed by atoms with Crippen LogP contribution in [-0.4, -0.2) is 29.6 Å². The highest BCUT2D eigenvalue weighted by atomic mass is 16.5. The van der Waals surface area contributed by atoms with E-state index in [1.807, 2.05) is 6.92 Å². The molecule has 2 rings (SSSR count). The second-order valence-corrected chi connectivity index (χ2v) is 5.35. The number of ketones is 1. The van der Waals surface area contributed by atoms with Crippen molar-refractivity contribution in [3.05, 3.63) is 22.3 Å². The Balaban J connectivity index is 2.74. The number of Topliss-reactive ketones (excluding diaryl/α,β-unsaturated/α-hetero) is 1. The van der Waals surface area contributed by atoms with Gasteiger partial charge in [-0.05, 0) is 38.8 Å². The van der Waals surface area contributed by atoms with Gasteiger partial charge in [0.2, 0.25) is 5.60 Å². The van der Waals surface area contributed by atoms with Crippen LogP contribution in [0.4, 0.5) is 0 Å². The fourth-order valence-corrected chi connectivity index (χ4v) is 2.64. The lowest BCUT2D eigenvalue weighted by Gasteiger charge is -2.34. The summed E-state index contributed by atoms with van der Waals surface area (Å²) < 4.78 is 11.0. The van der Waals surface area contributed by atoms with Gasteiger partial charge in [0, 0.05) is 5.56 Å². The highest BCUT2D eigenvalue weighted by molar-refractivity contribution is 6.05. The zero-order valence-corrected chi connectivity index (χ0v) is 12.3.